The van der Waals surface area contributed by atoms with Gasteiger partial charge in [0.25, 0.3) is 0 Å². The average molecular weight is 226 g/mol. The zero-order valence-corrected chi connectivity index (χ0v) is 11.9. The number of hydrogen-bond acceptors (Lipinski definition) is 2. The van der Waals surface area contributed by atoms with Gasteiger partial charge in [0.2, 0.25) is 0 Å². The number of allylic oxidation sites excluding steroid dienone is 1. The molecule has 80 valence electrons. The van der Waals surface area contributed by atoms with Gasteiger partial charge in [-0.3, -0.25) is 0 Å². The Morgan fingerprint density at radius 1 is 1.44 bits per heavy atom. The molecule has 0 aliphatic rings. The maximum absolute atomic E-state index is 10.4. The minimum absolute atomic E-state index is 0. The summed E-state index contributed by atoms with van der Waals surface area (Å²) in [7, 11) is 0. The Labute approximate surface area is 119 Å². The number of carbonyl (C=O) groups is 1. The third-order valence-electron chi connectivity index (χ3n) is 2.07. The predicted molar refractivity (Wildman–Crippen MR) is 59.1 cm³/mol. The van der Waals surface area contributed by atoms with Crippen molar-refractivity contribution in [2.45, 2.75) is 26.2 Å². The van der Waals surface area contributed by atoms with Crippen molar-refractivity contribution in [2.24, 2.45) is 0 Å². The van der Waals surface area contributed by atoms with E-state index in [0.717, 1.165) is 24.0 Å². The van der Waals surface area contributed by atoms with E-state index in [2.05, 4.69) is 13.0 Å². The van der Waals surface area contributed by atoms with Crippen molar-refractivity contribution in [3.8, 4) is 0 Å². The Bertz CT molecular complexity index is 359. The van der Waals surface area contributed by atoms with Crippen LogP contribution in [0, 0.1) is 0 Å². The molecule has 2 nitrogen and oxygen atoms in total. The monoisotopic (exact) mass is 226 g/mol. The van der Waals surface area contributed by atoms with E-state index >= 15 is 0 Å². The quantitative estimate of drug-likeness (QED) is 0.591. The number of carbonyl (C=O) groups excluding carboxylic acids is 1. The van der Waals surface area contributed by atoms with Gasteiger partial charge in [0.05, 0.1) is 0 Å². The second-order valence-corrected chi connectivity index (χ2v) is 3.48. The van der Waals surface area contributed by atoms with Crippen molar-refractivity contribution in [1.29, 1.82) is 0 Å². The van der Waals surface area contributed by atoms with Crippen molar-refractivity contribution in [3.05, 3.63) is 41.5 Å². The first-order valence-corrected chi connectivity index (χ1v) is 5.17. The molecule has 1 rings (SSSR count). The van der Waals surface area contributed by atoms with Gasteiger partial charge in [0, 0.05) is 12.4 Å². The van der Waals surface area contributed by atoms with Crippen molar-refractivity contribution >= 4 is 12.0 Å². The third-order valence-corrected chi connectivity index (χ3v) is 2.07. The normalized spacial score (nSPS) is 10.1. The summed E-state index contributed by atoms with van der Waals surface area (Å²) >= 11 is 0. The van der Waals surface area contributed by atoms with Gasteiger partial charge in [0.1, 0.15) is 0 Å². The summed E-state index contributed by atoms with van der Waals surface area (Å²) in [6, 6.07) is 7.50. The van der Waals surface area contributed by atoms with E-state index in [1.54, 1.807) is 6.07 Å². The summed E-state index contributed by atoms with van der Waals surface area (Å²) in [5.74, 6) is -1.04. The molecule has 0 amide bonds. The molecule has 0 spiro atoms. The smallest absolute Gasteiger partial charge is 0.550 e. The topological polar surface area (TPSA) is 40.1 Å². The van der Waals surface area contributed by atoms with E-state index in [9.17, 15) is 9.90 Å². The van der Waals surface area contributed by atoms with Gasteiger partial charge in [-0.1, -0.05) is 49.8 Å². The molecule has 1 aromatic rings. The van der Waals surface area contributed by atoms with Crippen molar-refractivity contribution < 1.29 is 39.5 Å². The second kappa shape index (κ2) is 8.57. The summed E-state index contributed by atoms with van der Waals surface area (Å²) in [6.45, 7) is 2.12. The first kappa shape index (κ1) is 15.4. The predicted octanol–water partition coefficient (Wildman–Crippen LogP) is -1.20. The molecule has 0 heterocycles. The Morgan fingerprint density at radius 3 is 2.81 bits per heavy atom. The molecule has 1 aromatic carbocycles. The molecule has 0 aromatic heterocycles. The average Bonchev–Trinajstić information content (AvgIpc) is 2.18. The molecule has 0 radical (unpaired) electrons. The van der Waals surface area contributed by atoms with Crippen LogP contribution in [0.2, 0.25) is 0 Å². The van der Waals surface area contributed by atoms with E-state index in [-0.39, 0.29) is 36.0 Å². The van der Waals surface area contributed by atoms with E-state index in [4.69, 9.17) is 0 Å². The SMILES string of the molecule is CCC/C=C/c1cccc(CC(=O)[O-])c1.[Na+]. The Kier molecular flexibility index (Phi) is 8.26. The zero-order valence-electron chi connectivity index (χ0n) is 9.90. The molecule has 0 N–H and O–H groups in total. The van der Waals surface area contributed by atoms with E-state index < -0.39 is 5.97 Å². The summed E-state index contributed by atoms with van der Waals surface area (Å²) in [5, 5.41) is 10.4. The molecule has 0 fully saturated rings. The molecule has 0 bridgehead atoms. The summed E-state index contributed by atoms with van der Waals surface area (Å²) in [6.07, 6.45) is 6.26. The van der Waals surface area contributed by atoms with Gasteiger partial charge in [-0.05, 0) is 17.5 Å². The fourth-order valence-corrected chi connectivity index (χ4v) is 1.36. The number of benzene rings is 1. The number of aliphatic carboxylic acids is 1. The van der Waals surface area contributed by atoms with Crippen LogP contribution in [-0.2, 0) is 11.2 Å². The zero-order chi connectivity index (χ0) is 11.1. The van der Waals surface area contributed by atoms with Gasteiger partial charge in [-0.25, -0.2) is 0 Å². The van der Waals surface area contributed by atoms with E-state index in [0.29, 0.717) is 0 Å². The fourth-order valence-electron chi connectivity index (χ4n) is 1.36. The summed E-state index contributed by atoms with van der Waals surface area (Å²) in [5.41, 5.74) is 1.83. The van der Waals surface area contributed by atoms with Crippen LogP contribution in [0.15, 0.2) is 30.3 Å². The van der Waals surface area contributed by atoms with Gasteiger partial charge >= 0.3 is 29.6 Å². The van der Waals surface area contributed by atoms with E-state index in [1.807, 2.05) is 24.3 Å². The minimum atomic E-state index is -1.04. The third kappa shape index (κ3) is 6.11. The van der Waals surface area contributed by atoms with Crippen LogP contribution < -0.4 is 34.7 Å². The molecule has 0 unspecified atom stereocenters. The van der Waals surface area contributed by atoms with Crippen molar-refractivity contribution in [1.82, 2.24) is 0 Å². The number of carboxylic acids is 1. The van der Waals surface area contributed by atoms with E-state index in [1.165, 1.54) is 0 Å². The van der Waals surface area contributed by atoms with Crippen LogP contribution in [0.25, 0.3) is 6.08 Å². The van der Waals surface area contributed by atoms with Gasteiger partial charge in [0.15, 0.2) is 0 Å². The van der Waals surface area contributed by atoms with Crippen molar-refractivity contribution in [2.75, 3.05) is 0 Å². The molecule has 0 atom stereocenters. The molecule has 16 heavy (non-hydrogen) atoms. The van der Waals surface area contributed by atoms with Crippen molar-refractivity contribution in [3.63, 3.8) is 0 Å². The number of carboxylic acid groups (broad SMARTS) is 1. The standard InChI is InChI=1S/C13H16O2.Na/c1-2-3-4-6-11-7-5-8-12(9-11)10-13(14)15;/h4-9H,2-3,10H2,1H3,(H,14,15);/q;+1/p-1/b6-4+;. The number of hydrogen-bond donors (Lipinski definition) is 0. The fraction of sp³-hybridized carbons (Fsp3) is 0.308. The largest absolute Gasteiger partial charge is 1.00 e. The van der Waals surface area contributed by atoms with Crippen LogP contribution in [-0.4, -0.2) is 5.97 Å². The van der Waals surface area contributed by atoms with Crippen LogP contribution in [0.5, 0.6) is 0 Å². The van der Waals surface area contributed by atoms with Gasteiger partial charge in [-0.15, -0.1) is 0 Å². The van der Waals surface area contributed by atoms with Crippen LogP contribution in [0.4, 0.5) is 0 Å². The van der Waals surface area contributed by atoms with Gasteiger partial charge in [-0.2, -0.15) is 0 Å². The molecule has 0 saturated heterocycles. The maximum Gasteiger partial charge on any atom is 1.00 e. The Morgan fingerprint density at radius 2 is 2.19 bits per heavy atom. The molecular formula is C13H15NaO2. The Hall–Kier alpha value is -0.570. The minimum Gasteiger partial charge on any atom is -0.550 e. The first-order valence-electron chi connectivity index (χ1n) is 5.17. The first-order chi connectivity index (χ1) is 7.22. The van der Waals surface area contributed by atoms with Crippen LogP contribution >= 0.6 is 0 Å². The second-order valence-electron chi connectivity index (χ2n) is 3.48. The molecule has 0 aliphatic heterocycles. The number of unbranched alkanes of at least 4 members (excludes halogenated alkanes) is 1. The van der Waals surface area contributed by atoms with Crippen LogP contribution in [0.3, 0.4) is 0 Å². The Balaban J connectivity index is 0.00000225. The van der Waals surface area contributed by atoms with Crippen LogP contribution in [0.1, 0.15) is 30.9 Å². The molecule has 0 aliphatic carbocycles. The number of rotatable bonds is 5. The molecule has 3 heteroatoms. The summed E-state index contributed by atoms with van der Waals surface area (Å²) in [4.78, 5) is 10.4. The maximum atomic E-state index is 10.4. The summed E-state index contributed by atoms with van der Waals surface area (Å²) < 4.78 is 0. The molecular weight excluding hydrogens is 211 g/mol. The molecule has 0 saturated carbocycles. The van der Waals surface area contributed by atoms with Gasteiger partial charge < -0.3 is 9.90 Å².